The van der Waals surface area contributed by atoms with Crippen LogP contribution in [0.4, 0.5) is 0 Å². The van der Waals surface area contributed by atoms with Gasteiger partial charge >= 0.3 is 11.9 Å². The Kier molecular flexibility index (Phi) is 8.95. The Hall–Kier alpha value is -3.70. The molecule has 0 amide bonds. The van der Waals surface area contributed by atoms with Crippen LogP contribution >= 0.6 is 27.3 Å². The normalized spacial score (nSPS) is 15.0. The summed E-state index contributed by atoms with van der Waals surface area (Å²) in [5, 5.41) is 0. The van der Waals surface area contributed by atoms with Gasteiger partial charge in [-0.05, 0) is 85.1 Å². The number of aromatic nitrogens is 1. The molecule has 0 saturated heterocycles. The summed E-state index contributed by atoms with van der Waals surface area (Å²) in [5.41, 5.74) is 1.78. The van der Waals surface area contributed by atoms with Gasteiger partial charge in [-0.25, -0.2) is 9.79 Å². The van der Waals surface area contributed by atoms with Crippen molar-refractivity contribution in [3.8, 4) is 17.2 Å². The third-order valence-corrected chi connectivity index (χ3v) is 7.49. The highest BCUT2D eigenvalue weighted by Crippen LogP contribution is 2.36. The molecule has 0 N–H and O–H groups in total. The van der Waals surface area contributed by atoms with Crippen molar-refractivity contribution >= 4 is 45.3 Å². The predicted molar refractivity (Wildman–Crippen MR) is 155 cm³/mol. The van der Waals surface area contributed by atoms with E-state index >= 15 is 0 Å². The Bertz CT molecular complexity index is 1690. The number of carbonyl (C=O) groups excluding carboxylic acids is 2. The van der Waals surface area contributed by atoms with Crippen molar-refractivity contribution in [3.05, 3.63) is 83.0 Å². The minimum absolute atomic E-state index is 0.0715. The molecule has 40 heavy (non-hydrogen) atoms. The van der Waals surface area contributed by atoms with Crippen LogP contribution in [0.2, 0.25) is 0 Å². The van der Waals surface area contributed by atoms with E-state index in [9.17, 15) is 14.4 Å². The molecular formula is C29H29BrN2O7S. The number of carbonyl (C=O) groups is 2. The van der Waals surface area contributed by atoms with Gasteiger partial charge in [-0.15, -0.1) is 0 Å². The standard InChI is InChI=1S/C29H29BrN2O7S/c1-7-37-28(35)25-16(4)31-29-32(26(25)19-9-11-22(38-15(2)3)23(14-19)36-6)27(34)24(40-29)13-18-8-10-21(20(30)12-18)39-17(5)33/h8-15,26H,7H2,1-6H3/b24-13+/t26-/m1/s1. The number of thiazole rings is 1. The van der Waals surface area contributed by atoms with Crippen molar-refractivity contribution in [1.29, 1.82) is 0 Å². The molecule has 11 heteroatoms. The lowest BCUT2D eigenvalue weighted by Crippen LogP contribution is -2.40. The fraction of sp³-hybridized carbons (Fsp3) is 0.310. The summed E-state index contributed by atoms with van der Waals surface area (Å²) >= 11 is 4.62. The van der Waals surface area contributed by atoms with Crippen molar-refractivity contribution in [2.45, 2.75) is 46.8 Å². The number of esters is 2. The van der Waals surface area contributed by atoms with E-state index in [0.717, 1.165) is 0 Å². The smallest absolute Gasteiger partial charge is 0.338 e. The van der Waals surface area contributed by atoms with Crippen molar-refractivity contribution in [3.63, 3.8) is 0 Å². The van der Waals surface area contributed by atoms with Crippen LogP contribution in [0.15, 0.2) is 61.9 Å². The van der Waals surface area contributed by atoms with Gasteiger partial charge in [-0.3, -0.25) is 14.2 Å². The molecule has 0 fully saturated rings. The molecular weight excluding hydrogens is 600 g/mol. The van der Waals surface area contributed by atoms with Crippen LogP contribution in [0, 0.1) is 0 Å². The first-order valence-electron chi connectivity index (χ1n) is 12.6. The number of fused-ring (bicyclic) bond motifs is 1. The molecule has 1 atom stereocenters. The lowest BCUT2D eigenvalue weighted by atomic mass is 9.95. The topological polar surface area (TPSA) is 105 Å². The molecule has 1 aliphatic rings. The molecule has 0 aliphatic carbocycles. The van der Waals surface area contributed by atoms with E-state index in [1.807, 2.05) is 19.9 Å². The largest absolute Gasteiger partial charge is 0.493 e. The lowest BCUT2D eigenvalue weighted by molar-refractivity contribution is -0.139. The zero-order valence-corrected chi connectivity index (χ0v) is 25.3. The summed E-state index contributed by atoms with van der Waals surface area (Å²) in [6.07, 6.45) is 1.66. The number of hydrogen-bond donors (Lipinski definition) is 0. The van der Waals surface area contributed by atoms with Crippen LogP contribution in [0.3, 0.4) is 0 Å². The third kappa shape index (κ3) is 6.05. The van der Waals surface area contributed by atoms with E-state index in [1.165, 1.54) is 29.9 Å². The minimum atomic E-state index is -0.794. The summed E-state index contributed by atoms with van der Waals surface area (Å²) in [5.74, 6) is 0.419. The Morgan fingerprint density at radius 3 is 2.50 bits per heavy atom. The van der Waals surface area contributed by atoms with Crippen LogP contribution in [0.25, 0.3) is 6.08 Å². The fourth-order valence-corrected chi connectivity index (χ4v) is 5.83. The molecule has 0 spiro atoms. The summed E-state index contributed by atoms with van der Waals surface area (Å²) in [6, 6.07) is 9.69. The maximum atomic E-state index is 13.9. The molecule has 0 unspecified atom stereocenters. The number of methoxy groups -OCH3 is 1. The first kappa shape index (κ1) is 29.3. The molecule has 4 rings (SSSR count). The highest BCUT2D eigenvalue weighted by molar-refractivity contribution is 9.10. The molecule has 210 valence electrons. The van der Waals surface area contributed by atoms with E-state index in [0.29, 0.717) is 47.9 Å². The number of benzene rings is 2. The van der Waals surface area contributed by atoms with Crippen LogP contribution < -0.4 is 29.1 Å². The summed E-state index contributed by atoms with van der Waals surface area (Å²) in [4.78, 5) is 43.4. The molecule has 9 nitrogen and oxygen atoms in total. The Morgan fingerprint density at radius 2 is 1.88 bits per heavy atom. The second-order valence-corrected chi connectivity index (χ2v) is 11.0. The highest BCUT2D eigenvalue weighted by atomic mass is 79.9. The second kappa shape index (κ2) is 12.2. The highest BCUT2D eigenvalue weighted by Gasteiger charge is 2.34. The molecule has 3 aromatic rings. The maximum Gasteiger partial charge on any atom is 0.338 e. The van der Waals surface area contributed by atoms with E-state index < -0.39 is 18.0 Å². The first-order chi connectivity index (χ1) is 19.0. The molecule has 0 bridgehead atoms. The van der Waals surface area contributed by atoms with Gasteiger partial charge in [0.1, 0.15) is 5.75 Å². The van der Waals surface area contributed by atoms with Crippen molar-refractivity contribution in [2.75, 3.05) is 13.7 Å². The van der Waals surface area contributed by atoms with Crippen LogP contribution in [-0.2, 0) is 14.3 Å². The third-order valence-electron chi connectivity index (χ3n) is 5.89. The molecule has 1 aromatic heterocycles. The average molecular weight is 630 g/mol. The molecule has 2 heterocycles. The fourth-order valence-electron chi connectivity index (χ4n) is 4.31. The van der Waals surface area contributed by atoms with Gasteiger partial charge in [0.25, 0.3) is 5.56 Å². The van der Waals surface area contributed by atoms with Crippen LogP contribution in [0.5, 0.6) is 17.2 Å². The number of ether oxygens (including phenoxy) is 4. The zero-order chi connectivity index (χ0) is 29.1. The molecule has 1 aliphatic heterocycles. The summed E-state index contributed by atoms with van der Waals surface area (Å²) < 4.78 is 24.5. The van der Waals surface area contributed by atoms with Gasteiger partial charge in [0.2, 0.25) is 0 Å². The number of hydrogen-bond acceptors (Lipinski definition) is 9. The van der Waals surface area contributed by atoms with Crippen molar-refractivity contribution < 1.29 is 28.5 Å². The molecule has 0 radical (unpaired) electrons. The van der Waals surface area contributed by atoms with Crippen molar-refractivity contribution in [1.82, 2.24) is 4.57 Å². The molecule has 0 saturated carbocycles. The zero-order valence-electron chi connectivity index (χ0n) is 22.9. The molecule has 2 aromatic carbocycles. The first-order valence-corrected chi connectivity index (χ1v) is 14.2. The second-order valence-electron chi connectivity index (χ2n) is 9.16. The number of nitrogens with zero attached hydrogens (tertiary/aromatic N) is 2. The maximum absolute atomic E-state index is 13.9. The Balaban J connectivity index is 1.90. The Morgan fingerprint density at radius 1 is 1.15 bits per heavy atom. The van der Waals surface area contributed by atoms with Crippen LogP contribution in [-0.4, -0.2) is 36.3 Å². The van der Waals surface area contributed by atoms with E-state index in [1.54, 1.807) is 50.3 Å². The van der Waals surface area contributed by atoms with Crippen LogP contribution in [0.1, 0.15) is 51.8 Å². The van der Waals surface area contributed by atoms with Gasteiger partial charge in [-0.1, -0.05) is 23.5 Å². The van der Waals surface area contributed by atoms with Gasteiger partial charge in [0.15, 0.2) is 16.3 Å². The van der Waals surface area contributed by atoms with Gasteiger partial charge in [0, 0.05) is 6.92 Å². The van der Waals surface area contributed by atoms with E-state index in [-0.39, 0.29) is 23.8 Å². The average Bonchev–Trinajstić information content (AvgIpc) is 3.18. The number of rotatable bonds is 8. The summed E-state index contributed by atoms with van der Waals surface area (Å²) in [7, 11) is 1.54. The monoisotopic (exact) mass is 628 g/mol. The minimum Gasteiger partial charge on any atom is -0.493 e. The Labute approximate surface area is 243 Å². The van der Waals surface area contributed by atoms with E-state index in [4.69, 9.17) is 18.9 Å². The van der Waals surface area contributed by atoms with Crippen molar-refractivity contribution in [2.24, 2.45) is 4.99 Å². The quantitative estimate of drug-likeness (QED) is 0.271. The SMILES string of the molecule is CCOC(=O)C1=C(C)N=c2s/c(=C/c3ccc(OC(C)=O)c(Br)c3)c(=O)n2[C@@H]1c1ccc(OC(C)C)c(OC)c1. The van der Waals surface area contributed by atoms with Gasteiger partial charge < -0.3 is 18.9 Å². The summed E-state index contributed by atoms with van der Waals surface area (Å²) in [6.45, 7) is 8.79. The van der Waals surface area contributed by atoms with Gasteiger partial charge in [-0.2, -0.15) is 0 Å². The number of halogens is 1. The van der Waals surface area contributed by atoms with Gasteiger partial charge in [0.05, 0.1) is 46.1 Å². The number of allylic oxidation sites excluding steroid dienone is 1. The predicted octanol–water partition coefficient (Wildman–Crippen LogP) is 4.28. The van der Waals surface area contributed by atoms with E-state index in [2.05, 4.69) is 20.9 Å². The lowest BCUT2D eigenvalue weighted by Gasteiger charge is -2.25.